The molecule has 0 radical (unpaired) electrons. The standard InChI is InChI=1S/C24H31FN10O12P2S2/c25-13-17-12(45-23(13)34-9-32-14-19(26)28-7-30-21(14)34)6-43-49(40,41-2-4-51-50-3-1-36)47-18-16(37)11(5-42-48(38,39)46-17)44-24(18)35-10-33-15-20(27)29-8-31-22(15)35/h7-13,16-18,23-24,36-37H,1-6H2,(H,38,39)(H2,26,28,30)(H2,27,29,31)/t11-,12-,13+,16?,17?,18+,23-,24-,49?/m1/s1. The lowest BCUT2D eigenvalue weighted by molar-refractivity contribution is -0.0689. The zero-order valence-corrected chi connectivity index (χ0v) is 29.4. The fourth-order valence-electron chi connectivity index (χ4n) is 5.59. The molecule has 3 aliphatic heterocycles. The Kier molecular flexibility index (Phi) is 10.8. The van der Waals surface area contributed by atoms with Gasteiger partial charge in [-0.15, -0.1) is 0 Å². The molecule has 7 rings (SSSR count). The molecular weight excluding hydrogens is 765 g/mol. The Labute approximate surface area is 294 Å². The van der Waals surface area contributed by atoms with Crippen LogP contribution in [0, 0.1) is 0 Å². The van der Waals surface area contributed by atoms with Gasteiger partial charge in [-0.3, -0.25) is 31.8 Å². The van der Waals surface area contributed by atoms with E-state index in [-0.39, 0.29) is 52.9 Å². The molecule has 4 aromatic heterocycles. The molecule has 0 aromatic carbocycles. The molecule has 7 N–H and O–H groups in total. The number of nitrogens with zero attached hydrogens (tertiary/aromatic N) is 8. The maximum Gasteiger partial charge on any atom is 0.475 e. The molecule has 3 saturated heterocycles. The highest BCUT2D eigenvalue weighted by Gasteiger charge is 2.55. The van der Waals surface area contributed by atoms with E-state index < -0.39 is 78.0 Å². The number of halogens is 1. The van der Waals surface area contributed by atoms with Crippen molar-refractivity contribution in [3.05, 3.63) is 25.3 Å². The summed E-state index contributed by atoms with van der Waals surface area (Å²) >= 11 is 0. The van der Waals surface area contributed by atoms with E-state index in [2.05, 4.69) is 29.9 Å². The number of phosphoric ester groups is 2. The number of rotatable bonds is 9. The normalized spacial score (nSPS) is 34.7. The number of hydrogen-bond donors (Lipinski definition) is 5. The molecule has 10 atom stereocenters. The van der Waals surface area contributed by atoms with Crippen molar-refractivity contribution in [2.24, 2.45) is 0 Å². The molecule has 7 heterocycles. The summed E-state index contributed by atoms with van der Waals surface area (Å²) in [5.41, 5.74) is 12.4. The van der Waals surface area contributed by atoms with Crippen molar-refractivity contribution >= 4 is 71.2 Å². The topological polar surface area (TPSA) is 299 Å². The third-order valence-corrected chi connectivity index (χ3v) is 12.7. The van der Waals surface area contributed by atoms with Crippen molar-refractivity contribution in [2.75, 3.05) is 49.4 Å². The summed E-state index contributed by atoms with van der Waals surface area (Å²) in [5.74, 6) is 0.756. The van der Waals surface area contributed by atoms with E-state index in [1.807, 2.05) is 0 Å². The van der Waals surface area contributed by atoms with E-state index in [0.29, 0.717) is 5.75 Å². The molecule has 4 unspecified atom stereocenters. The van der Waals surface area contributed by atoms with Gasteiger partial charge in [0.1, 0.15) is 54.2 Å². The van der Waals surface area contributed by atoms with Gasteiger partial charge in [-0.05, 0) is 0 Å². The number of aromatic nitrogens is 8. The van der Waals surface area contributed by atoms with Crippen molar-refractivity contribution in [2.45, 2.75) is 49.1 Å². The predicted octanol–water partition coefficient (Wildman–Crippen LogP) is 0.740. The highest BCUT2D eigenvalue weighted by Crippen LogP contribution is 2.56. The van der Waals surface area contributed by atoms with Crippen LogP contribution >= 0.6 is 37.2 Å². The van der Waals surface area contributed by atoms with Crippen LogP contribution in [0.25, 0.3) is 22.3 Å². The number of hydrogen-bond acceptors (Lipinski definition) is 21. The first-order valence-corrected chi connectivity index (χ1v) is 20.5. The molecule has 2 bridgehead atoms. The summed E-state index contributed by atoms with van der Waals surface area (Å²) in [6.07, 6.45) is -8.30. The van der Waals surface area contributed by atoms with Crippen LogP contribution in [0.3, 0.4) is 0 Å². The van der Waals surface area contributed by atoms with E-state index >= 15 is 4.39 Å². The molecule has 278 valence electrons. The Bertz CT molecular complexity index is 1970. The SMILES string of the molecule is Nc1ncnc2c1ncn2[C@@H]1O[C@@H]2COP(=O)(OCCSSCCO)O[C@H]3C(O)[C@@H](COP(=O)(O)OC2[C@@H]1F)O[C@H]3n1cnc2c(N)ncnc21. The predicted molar refractivity (Wildman–Crippen MR) is 175 cm³/mol. The van der Waals surface area contributed by atoms with Gasteiger partial charge in [0.15, 0.2) is 41.6 Å². The lowest BCUT2D eigenvalue weighted by atomic mass is 10.1. The lowest BCUT2D eigenvalue weighted by Crippen LogP contribution is -2.35. The first-order chi connectivity index (χ1) is 24.5. The van der Waals surface area contributed by atoms with Crippen LogP contribution in [-0.4, -0.2) is 129 Å². The molecule has 0 saturated carbocycles. The number of phosphoric acid groups is 2. The molecule has 3 fully saturated rings. The van der Waals surface area contributed by atoms with Crippen LogP contribution in [0.1, 0.15) is 12.5 Å². The second kappa shape index (κ2) is 15.0. The third kappa shape index (κ3) is 7.46. The second-order valence-corrected chi connectivity index (χ2v) is 16.8. The number of anilines is 2. The molecular formula is C24H31FN10O12P2S2. The highest BCUT2D eigenvalue weighted by atomic mass is 33.1. The van der Waals surface area contributed by atoms with Gasteiger partial charge in [0.2, 0.25) is 0 Å². The largest absolute Gasteiger partial charge is 0.475 e. The molecule has 22 nitrogen and oxygen atoms in total. The first-order valence-electron chi connectivity index (χ1n) is 15.1. The Morgan fingerprint density at radius 2 is 1.47 bits per heavy atom. The van der Waals surface area contributed by atoms with E-state index in [4.69, 9.17) is 48.7 Å². The van der Waals surface area contributed by atoms with E-state index in [0.717, 1.165) is 6.33 Å². The number of nitrogens with two attached hydrogens (primary N) is 2. The van der Waals surface area contributed by atoms with Gasteiger partial charge in [0.25, 0.3) is 0 Å². The molecule has 0 spiro atoms. The summed E-state index contributed by atoms with van der Waals surface area (Å²) in [6, 6.07) is 0. The van der Waals surface area contributed by atoms with Gasteiger partial charge in [-0.25, -0.2) is 43.4 Å². The maximum absolute atomic E-state index is 16.2. The summed E-state index contributed by atoms with van der Waals surface area (Å²) in [7, 11) is -7.21. The number of aliphatic hydroxyl groups excluding tert-OH is 2. The number of imidazole rings is 2. The van der Waals surface area contributed by atoms with Crippen LogP contribution in [0.4, 0.5) is 16.0 Å². The summed E-state index contributed by atoms with van der Waals surface area (Å²) < 4.78 is 86.1. The smallest absolute Gasteiger partial charge is 0.395 e. The minimum Gasteiger partial charge on any atom is -0.395 e. The van der Waals surface area contributed by atoms with E-state index in [9.17, 15) is 19.1 Å². The molecule has 27 heteroatoms. The Balaban J connectivity index is 1.21. The number of nitrogen functional groups attached to an aromatic ring is 2. The average Bonchev–Trinajstić information content (AvgIpc) is 3.86. The summed E-state index contributed by atoms with van der Waals surface area (Å²) in [4.78, 5) is 35.1. The van der Waals surface area contributed by atoms with Gasteiger partial charge in [0, 0.05) is 11.5 Å². The molecule has 51 heavy (non-hydrogen) atoms. The first kappa shape index (κ1) is 36.7. The van der Waals surface area contributed by atoms with Gasteiger partial charge in [-0.1, -0.05) is 21.6 Å². The maximum atomic E-state index is 16.2. The molecule has 3 aliphatic rings. The van der Waals surface area contributed by atoms with Crippen molar-refractivity contribution in [1.29, 1.82) is 0 Å². The second-order valence-electron chi connectivity index (χ2n) is 11.1. The number of aliphatic hydroxyl groups is 2. The Hall–Kier alpha value is -2.61. The third-order valence-electron chi connectivity index (χ3n) is 7.88. The van der Waals surface area contributed by atoms with Gasteiger partial charge < -0.3 is 36.0 Å². The zero-order valence-electron chi connectivity index (χ0n) is 26.0. The summed E-state index contributed by atoms with van der Waals surface area (Å²) in [5, 5.41) is 20.4. The van der Waals surface area contributed by atoms with Crippen LogP contribution in [0.2, 0.25) is 0 Å². The van der Waals surface area contributed by atoms with Crippen LogP contribution in [-0.2, 0) is 41.2 Å². The molecule has 0 amide bonds. The molecule has 0 aliphatic carbocycles. The van der Waals surface area contributed by atoms with Crippen molar-refractivity contribution in [3.63, 3.8) is 0 Å². The monoisotopic (exact) mass is 796 g/mol. The quantitative estimate of drug-likeness (QED) is 0.0886. The fraction of sp³-hybridized carbons (Fsp3) is 0.583. The molecule has 4 aromatic rings. The number of fused-ring (bicyclic) bond motifs is 5. The highest BCUT2D eigenvalue weighted by molar-refractivity contribution is 8.76. The van der Waals surface area contributed by atoms with Crippen molar-refractivity contribution in [1.82, 2.24) is 39.0 Å². The van der Waals surface area contributed by atoms with Gasteiger partial charge >= 0.3 is 15.6 Å². The van der Waals surface area contributed by atoms with E-state index in [1.165, 1.54) is 49.7 Å². The number of ether oxygens (including phenoxy) is 2. The van der Waals surface area contributed by atoms with Crippen LogP contribution in [0.15, 0.2) is 25.3 Å². The van der Waals surface area contributed by atoms with E-state index in [1.54, 1.807) is 0 Å². The number of alkyl halides is 1. The fourth-order valence-corrected chi connectivity index (χ4v) is 9.63. The minimum absolute atomic E-state index is 0.0164. The lowest BCUT2D eigenvalue weighted by Gasteiger charge is -2.27. The van der Waals surface area contributed by atoms with Gasteiger partial charge in [0.05, 0.1) is 39.1 Å². The zero-order chi connectivity index (χ0) is 35.9. The minimum atomic E-state index is -5.12. The summed E-state index contributed by atoms with van der Waals surface area (Å²) in [6.45, 7) is -1.80. The van der Waals surface area contributed by atoms with Crippen LogP contribution < -0.4 is 11.5 Å². The van der Waals surface area contributed by atoms with Gasteiger partial charge in [-0.2, -0.15) is 0 Å². The Morgan fingerprint density at radius 1 is 0.863 bits per heavy atom. The average molecular weight is 797 g/mol. The van der Waals surface area contributed by atoms with Crippen molar-refractivity contribution < 1.29 is 60.7 Å². The Morgan fingerprint density at radius 3 is 2.14 bits per heavy atom. The van der Waals surface area contributed by atoms with Crippen LogP contribution in [0.5, 0.6) is 0 Å². The van der Waals surface area contributed by atoms with Crippen molar-refractivity contribution in [3.8, 4) is 0 Å².